The van der Waals surface area contributed by atoms with Crippen LogP contribution in [0.1, 0.15) is 13.3 Å². The number of sulfonamides is 1. The summed E-state index contributed by atoms with van der Waals surface area (Å²) in [4.78, 5) is 12.3. The van der Waals surface area contributed by atoms with Crippen LogP contribution in [0.3, 0.4) is 0 Å². The summed E-state index contributed by atoms with van der Waals surface area (Å²) >= 11 is 0. The Bertz CT molecular complexity index is 746. The molecular formula is C15H21ClFN3O4S. The molecule has 1 aromatic rings. The molecule has 2 fully saturated rings. The molecule has 0 saturated carbocycles. The number of nitrogens with one attached hydrogen (secondary N) is 2. The highest BCUT2D eigenvalue weighted by Crippen LogP contribution is 2.29. The van der Waals surface area contributed by atoms with Gasteiger partial charge in [-0.25, -0.2) is 12.8 Å². The Labute approximate surface area is 152 Å². The van der Waals surface area contributed by atoms with Crippen LogP contribution in [0.4, 0.5) is 15.8 Å². The molecule has 0 aliphatic carbocycles. The number of halogens is 2. The third kappa shape index (κ3) is 4.22. The van der Waals surface area contributed by atoms with Crippen LogP contribution >= 0.6 is 12.4 Å². The molecule has 1 aromatic carbocycles. The number of benzene rings is 1. The Hall–Kier alpha value is -1.42. The van der Waals surface area contributed by atoms with Crippen molar-refractivity contribution in [3.63, 3.8) is 0 Å². The van der Waals surface area contributed by atoms with Crippen LogP contribution in [0.25, 0.3) is 0 Å². The van der Waals surface area contributed by atoms with Gasteiger partial charge < -0.3 is 15.4 Å². The van der Waals surface area contributed by atoms with Crippen molar-refractivity contribution in [2.45, 2.75) is 25.5 Å². The number of rotatable bonds is 3. The second-order valence-electron chi connectivity index (χ2n) is 5.90. The Morgan fingerprint density at radius 1 is 1.44 bits per heavy atom. The van der Waals surface area contributed by atoms with Crippen LogP contribution in [0, 0.1) is 5.82 Å². The molecule has 2 heterocycles. The molecule has 0 radical (unpaired) electrons. The highest BCUT2D eigenvalue weighted by molar-refractivity contribution is 7.93. The number of carbonyl (C=O) groups is 1. The number of hydrogen-bond donors (Lipinski definition) is 2. The summed E-state index contributed by atoms with van der Waals surface area (Å²) in [5.74, 6) is -0.931. The summed E-state index contributed by atoms with van der Waals surface area (Å²) in [7, 11) is -3.49. The largest absolute Gasteiger partial charge is 0.375 e. The van der Waals surface area contributed by atoms with E-state index >= 15 is 0 Å². The molecule has 0 unspecified atom stereocenters. The first-order valence-electron chi connectivity index (χ1n) is 7.84. The third-order valence-corrected chi connectivity index (χ3v) is 6.04. The van der Waals surface area contributed by atoms with Crippen molar-refractivity contribution in [3.8, 4) is 0 Å². The summed E-state index contributed by atoms with van der Waals surface area (Å²) in [6.07, 6.45) is 0.178. The summed E-state index contributed by atoms with van der Waals surface area (Å²) < 4.78 is 44.5. The fourth-order valence-corrected chi connectivity index (χ4v) is 4.50. The lowest BCUT2D eigenvalue weighted by Crippen LogP contribution is -2.53. The lowest BCUT2D eigenvalue weighted by atomic mass is 10.1. The maximum absolute atomic E-state index is 14.1. The Balaban J connectivity index is 0.00000225. The Morgan fingerprint density at radius 2 is 2.20 bits per heavy atom. The normalized spacial score (nSPS) is 25.3. The number of morpholine rings is 1. The third-order valence-electron chi connectivity index (χ3n) is 4.18. The van der Waals surface area contributed by atoms with E-state index in [0.717, 1.165) is 10.4 Å². The van der Waals surface area contributed by atoms with Crippen molar-refractivity contribution in [1.29, 1.82) is 0 Å². The monoisotopic (exact) mass is 393 g/mol. The first kappa shape index (κ1) is 19.9. The summed E-state index contributed by atoms with van der Waals surface area (Å²) in [5.41, 5.74) is 0.310. The summed E-state index contributed by atoms with van der Waals surface area (Å²) in [6, 6.07) is 3.41. The van der Waals surface area contributed by atoms with Gasteiger partial charge in [-0.2, -0.15) is 0 Å². The minimum absolute atomic E-state index is 0. The van der Waals surface area contributed by atoms with E-state index in [0.29, 0.717) is 25.3 Å². The highest BCUT2D eigenvalue weighted by atomic mass is 35.5. The molecule has 7 nitrogen and oxygen atoms in total. The van der Waals surface area contributed by atoms with Gasteiger partial charge in [-0.3, -0.25) is 9.10 Å². The smallest absolute Gasteiger partial charge is 0.244 e. The SMILES string of the molecule is C[C@H]1OCCN[C@@H]1C(=O)Nc1ccc(F)c(N2CCCS2(=O)=O)c1.Cl. The van der Waals surface area contributed by atoms with Gasteiger partial charge in [0.2, 0.25) is 15.9 Å². The highest BCUT2D eigenvalue weighted by Gasteiger charge is 2.31. The van der Waals surface area contributed by atoms with Gasteiger partial charge in [-0.1, -0.05) is 0 Å². The van der Waals surface area contributed by atoms with Crippen molar-refractivity contribution in [2.75, 3.05) is 35.1 Å². The van der Waals surface area contributed by atoms with Gasteiger partial charge in [0.15, 0.2) is 0 Å². The van der Waals surface area contributed by atoms with Crippen LogP contribution in [0.15, 0.2) is 18.2 Å². The maximum atomic E-state index is 14.1. The maximum Gasteiger partial charge on any atom is 0.244 e. The second-order valence-corrected chi connectivity index (χ2v) is 7.92. The van der Waals surface area contributed by atoms with Gasteiger partial charge in [0.25, 0.3) is 0 Å². The second kappa shape index (κ2) is 7.86. The number of hydrogen-bond acceptors (Lipinski definition) is 5. The van der Waals surface area contributed by atoms with Crippen LogP contribution < -0.4 is 14.9 Å². The average Bonchev–Trinajstić information content (AvgIpc) is 2.89. The summed E-state index contributed by atoms with van der Waals surface area (Å²) in [6.45, 7) is 3.15. The number of carbonyl (C=O) groups excluding carboxylic acids is 1. The molecule has 2 aliphatic rings. The van der Waals surface area contributed by atoms with Crippen molar-refractivity contribution < 1.29 is 22.3 Å². The van der Waals surface area contributed by atoms with Gasteiger partial charge in [-0.05, 0) is 31.5 Å². The Morgan fingerprint density at radius 3 is 2.84 bits per heavy atom. The zero-order valence-corrected chi connectivity index (χ0v) is 15.3. The van der Waals surface area contributed by atoms with Crippen LogP contribution in [0.2, 0.25) is 0 Å². The minimum Gasteiger partial charge on any atom is -0.375 e. The molecule has 2 saturated heterocycles. The molecule has 0 aromatic heterocycles. The van der Waals surface area contributed by atoms with Gasteiger partial charge in [0.1, 0.15) is 11.9 Å². The lowest BCUT2D eigenvalue weighted by molar-refractivity contribution is -0.123. The van der Waals surface area contributed by atoms with Crippen LogP contribution in [-0.2, 0) is 19.6 Å². The number of ether oxygens (including phenoxy) is 1. The average molecular weight is 394 g/mol. The van der Waals surface area contributed by atoms with Crippen molar-refractivity contribution >= 4 is 39.7 Å². The van der Waals surface area contributed by atoms with E-state index in [-0.39, 0.29) is 42.4 Å². The van der Waals surface area contributed by atoms with Crippen LogP contribution in [-0.4, -0.2) is 51.9 Å². The van der Waals surface area contributed by atoms with Crippen molar-refractivity contribution in [2.24, 2.45) is 0 Å². The number of amides is 1. The molecule has 2 atom stereocenters. The number of nitrogens with zero attached hydrogens (tertiary/aromatic N) is 1. The molecule has 1 amide bonds. The quantitative estimate of drug-likeness (QED) is 0.803. The van der Waals surface area contributed by atoms with Gasteiger partial charge in [0.05, 0.1) is 24.2 Å². The molecule has 10 heteroatoms. The predicted molar refractivity (Wildman–Crippen MR) is 95.2 cm³/mol. The number of anilines is 2. The lowest BCUT2D eigenvalue weighted by Gasteiger charge is -2.29. The minimum atomic E-state index is -3.49. The first-order chi connectivity index (χ1) is 11.4. The van der Waals surface area contributed by atoms with E-state index in [2.05, 4.69) is 10.6 Å². The molecular weight excluding hydrogens is 373 g/mol. The van der Waals surface area contributed by atoms with Gasteiger partial charge in [0, 0.05) is 18.8 Å². The van der Waals surface area contributed by atoms with E-state index in [1.807, 2.05) is 0 Å². The van der Waals surface area contributed by atoms with Crippen molar-refractivity contribution in [1.82, 2.24) is 5.32 Å². The molecule has 25 heavy (non-hydrogen) atoms. The molecule has 2 N–H and O–H groups in total. The van der Waals surface area contributed by atoms with Gasteiger partial charge in [-0.15, -0.1) is 12.4 Å². The first-order valence-corrected chi connectivity index (χ1v) is 9.45. The molecule has 3 rings (SSSR count). The topological polar surface area (TPSA) is 87.7 Å². The van der Waals surface area contributed by atoms with Gasteiger partial charge >= 0.3 is 0 Å². The zero-order chi connectivity index (χ0) is 17.3. The molecule has 140 valence electrons. The van der Waals surface area contributed by atoms with Crippen molar-refractivity contribution in [3.05, 3.63) is 24.0 Å². The van der Waals surface area contributed by atoms with E-state index in [4.69, 9.17) is 4.74 Å². The summed E-state index contributed by atoms with van der Waals surface area (Å²) in [5, 5.41) is 5.76. The Kier molecular flexibility index (Phi) is 6.26. The fraction of sp³-hybridized carbons (Fsp3) is 0.533. The molecule has 2 aliphatic heterocycles. The molecule has 0 spiro atoms. The fourth-order valence-electron chi connectivity index (χ4n) is 2.94. The standard InChI is InChI=1S/C15H20FN3O4S.ClH/c1-10-14(17-5-7-23-10)15(20)18-11-3-4-12(16)13(9-11)19-6-2-8-24(19,21)22;/h3-4,9-10,14,17H,2,5-8H2,1H3,(H,18,20);1H/t10-,14+;/m1./s1. The van der Waals surface area contributed by atoms with E-state index < -0.39 is 21.9 Å². The van der Waals surface area contributed by atoms with E-state index in [1.165, 1.54) is 12.1 Å². The van der Waals surface area contributed by atoms with Crippen LogP contribution in [0.5, 0.6) is 0 Å². The molecule has 0 bridgehead atoms. The van der Waals surface area contributed by atoms with E-state index in [1.54, 1.807) is 6.92 Å². The zero-order valence-electron chi connectivity index (χ0n) is 13.7. The van der Waals surface area contributed by atoms with E-state index in [9.17, 15) is 17.6 Å². The predicted octanol–water partition coefficient (Wildman–Crippen LogP) is 1.10.